The number of ether oxygens (including phenoxy) is 2. The molecule has 2 rings (SSSR count). The lowest BCUT2D eigenvalue weighted by molar-refractivity contribution is 0.0944. The number of methoxy groups -OCH3 is 2. The average molecular weight is 291 g/mol. The SMILES string of the molecule is COc1ccc(OC)c(CCNC(=O)c2nonc2C)c1. The summed E-state index contributed by atoms with van der Waals surface area (Å²) >= 11 is 0. The van der Waals surface area contributed by atoms with Gasteiger partial charge in [0.25, 0.3) is 5.91 Å². The topological polar surface area (TPSA) is 86.5 Å². The third-order valence-corrected chi connectivity index (χ3v) is 3.04. The van der Waals surface area contributed by atoms with Gasteiger partial charge in [0.1, 0.15) is 17.2 Å². The standard InChI is InChI=1S/C14H17N3O4/c1-9-13(17-21-16-9)14(18)15-7-6-10-8-11(19-2)4-5-12(10)20-3/h4-5,8H,6-7H2,1-3H3,(H,15,18). The van der Waals surface area contributed by atoms with Gasteiger partial charge in [0, 0.05) is 6.54 Å². The van der Waals surface area contributed by atoms with Crippen LogP contribution in [0.5, 0.6) is 11.5 Å². The number of rotatable bonds is 6. The summed E-state index contributed by atoms with van der Waals surface area (Å²) in [5.41, 5.74) is 1.62. The highest BCUT2D eigenvalue weighted by atomic mass is 16.6. The maximum atomic E-state index is 11.9. The highest BCUT2D eigenvalue weighted by molar-refractivity contribution is 5.92. The first-order valence-electron chi connectivity index (χ1n) is 6.44. The van der Waals surface area contributed by atoms with Crippen molar-refractivity contribution >= 4 is 5.91 Å². The van der Waals surface area contributed by atoms with Crippen molar-refractivity contribution in [2.45, 2.75) is 13.3 Å². The normalized spacial score (nSPS) is 10.2. The van der Waals surface area contributed by atoms with Crippen molar-refractivity contribution in [3.8, 4) is 11.5 Å². The summed E-state index contributed by atoms with van der Waals surface area (Å²) in [6.45, 7) is 2.10. The lowest BCUT2D eigenvalue weighted by Crippen LogP contribution is -2.26. The number of aryl methyl sites for hydroxylation is 1. The Morgan fingerprint density at radius 1 is 1.29 bits per heavy atom. The van der Waals surface area contributed by atoms with Crippen molar-refractivity contribution in [2.24, 2.45) is 0 Å². The van der Waals surface area contributed by atoms with Gasteiger partial charge < -0.3 is 14.8 Å². The van der Waals surface area contributed by atoms with E-state index in [0.29, 0.717) is 18.7 Å². The molecule has 0 atom stereocenters. The summed E-state index contributed by atoms with van der Waals surface area (Å²) in [4.78, 5) is 11.9. The minimum atomic E-state index is -0.310. The summed E-state index contributed by atoms with van der Waals surface area (Å²) in [7, 11) is 3.21. The number of amides is 1. The minimum absolute atomic E-state index is 0.201. The monoisotopic (exact) mass is 291 g/mol. The van der Waals surface area contributed by atoms with Gasteiger partial charge in [-0.1, -0.05) is 5.16 Å². The summed E-state index contributed by atoms with van der Waals surface area (Å²) in [6.07, 6.45) is 0.608. The Morgan fingerprint density at radius 3 is 2.71 bits per heavy atom. The third kappa shape index (κ3) is 3.50. The summed E-state index contributed by atoms with van der Waals surface area (Å²) < 4.78 is 15.0. The Kier molecular flexibility index (Phi) is 4.76. The van der Waals surface area contributed by atoms with Gasteiger partial charge in [-0.2, -0.15) is 0 Å². The van der Waals surface area contributed by atoms with E-state index in [-0.39, 0.29) is 11.6 Å². The Hall–Kier alpha value is -2.57. The van der Waals surface area contributed by atoms with Gasteiger partial charge in [0.05, 0.1) is 14.2 Å². The van der Waals surface area contributed by atoms with E-state index in [1.807, 2.05) is 18.2 Å². The fraction of sp³-hybridized carbons (Fsp3) is 0.357. The highest BCUT2D eigenvalue weighted by Gasteiger charge is 2.14. The first kappa shape index (κ1) is 14.8. The number of nitrogens with zero attached hydrogens (tertiary/aromatic N) is 2. The Bertz CT molecular complexity index is 624. The van der Waals surface area contributed by atoms with Crippen LogP contribution in [0.1, 0.15) is 21.7 Å². The molecule has 112 valence electrons. The van der Waals surface area contributed by atoms with Gasteiger partial charge in [0.2, 0.25) is 0 Å². The van der Waals surface area contributed by atoms with Crippen molar-refractivity contribution in [1.29, 1.82) is 0 Å². The van der Waals surface area contributed by atoms with Crippen molar-refractivity contribution in [2.75, 3.05) is 20.8 Å². The van der Waals surface area contributed by atoms with Crippen LogP contribution >= 0.6 is 0 Å². The summed E-state index contributed by atoms with van der Waals surface area (Å²) in [6, 6.07) is 5.54. The van der Waals surface area contributed by atoms with Gasteiger partial charge in [-0.05, 0) is 42.3 Å². The average Bonchev–Trinajstić information content (AvgIpc) is 2.93. The predicted molar refractivity (Wildman–Crippen MR) is 74.6 cm³/mol. The molecule has 1 aromatic heterocycles. The third-order valence-electron chi connectivity index (χ3n) is 3.04. The van der Waals surface area contributed by atoms with Crippen LogP contribution in [0.2, 0.25) is 0 Å². The number of nitrogens with one attached hydrogen (secondary N) is 1. The van der Waals surface area contributed by atoms with Crippen molar-refractivity contribution < 1.29 is 18.9 Å². The van der Waals surface area contributed by atoms with E-state index in [9.17, 15) is 4.79 Å². The van der Waals surface area contributed by atoms with E-state index in [1.165, 1.54) is 0 Å². The fourth-order valence-corrected chi connectivity index (χ4v) is 1.91. The van der Waals surface area contributed by atoms with Crippen molar-refractivity contribution in [3.05, 3.63) is 35.2 Å². The second-order valence-electron chi connectivity index (χ2n) is 4.38. The zero-order valence-electron chi connectivity index (χ0n) is 12.2. The molecule has 7 heteroatoms. The lowest BCUT2D eigenvalue weighted by atomic mass is 10.1. The van der Waals surface area contributed by atoms with Crippen LogP contribution in [0.25, 0.3) is 0 Å². The first-order chi connectivity index (χ1) is 10.2. The highest BCUT2D eigenvalue weighted by Crippen LogP contribution is 2.24. The maximum Gasteiger partial charge on any atom is 0.275 e. The van der Waals surface area contributed by atoms with Crippen LogP contribution in [0.3, 0.4) is 0 Å². The molecule has 7 nitrogen and oxygen atoms in total. The van der Waals surface area contributed by atoms with E-state index < -0.39 is 0 Å². The molecule has 0 radical (unpaired) electrons. The number of carbonyl (C=O) groups excluding carboxylic acids is 1. The molecule has 21 heavy (non-hydrogen) atoms. The zero-order valence-corrected chi connectivity index (χ0v) is 12.2. The molecule has 0 aliphatic carbocycles. The molecule has 0 saturated heterocycles. The molecule has 1 heterocycles. The van der Waals surface area contributed by atoms with Gasteiger partial charge in [-0.25, -0.2) is 4.63 Å². The molecule has 0 spiro atoms. The Labute approximate surface area is 122 Å². The molecule has 0 aliphatic heterocycles. The summed E-state index contributed by atoms with van der Waals surface area (Å²) in [5, 5.41) is 9.90. The molecular weight excluding hydrogens is 274 g/mol. The molecule has 1 N–H and O–H groups in total. The Balaban J connectivity index is 1.97. The van der Waals surface area contributed by atoms with Crippen molar-refractivity contribution in [1.82, 2.24) is 15.6 Å². The van der Waals surface area contributed by atoms with E-state index in [2.05, 4.69) is 20.3 Å². The van der Waals surface area contributed by atoms with Crippen LogP contribution in [0, 0.1) is 6.92 Å². The fourth-order valence-electron chi connectivity index (χ4n) is 1.91. The smallest absolute Gasteiger partial charge is 0.275 e. The summed E-state index contributed by atoms with van der Waals surface area (Å²) in [5.74, 6) is 1.19. The lowest BCUT2D eigenvalue weighted by Gasteiger charge is -2.10. The van der Waals surface area contributed by atoms with Gasteiger partial charge in [0.15, 0.2) is 5.69 Å². The zero-order chi connectivity index (χ0) is 15.2. The molecule has 0 aliphatic rings. The van der Waals surface area contributed by atoms with Gasteiger partial charge in [-0.15, -0.1) is 0 Å². The molecule has 1 aromatic carbocycles. The Morgan fingerprint density at radius 2 is 2.10 bits per heavy atom. The van der Waals surface area contributed by atoms with Crippen LogP contribution < -0.4 is 14.8 Å². The van der Waals surface area contributed by atoms with E-state index >= 15 is 0 Å². The molecular formula is C14H17N3O4. The number of benzene rings is 1. The van der Waals surface area contributed by atoms with Crippen LogP contribution in [-0.2, 0) is 6.42 Å². The predicted octanol–water partition coefficient (Wildman–Crippen LogP) is 1.37. The number of hydrogen-bond acceptors (Lipinski definition) is 6. The molecule has 0 fully saturated rings. The molecule has 0 saturated carbocycles. The first-order valence-corrected chi connectivity index (χ1v) is 6.44. The van der Waals surface area contributed by atoms with E-state index in [1.54, 1.807) is 21.1 Å². The number of hydrogen-bond donors (Lipinski definition) is 1. The van der Waals surface area contributed by atoms with Crippen LogP contribution in [-0.4, -0.2) is 37.0 Å². The second-order valence-corrected chi connectivity index (χ2v) is 4.38. The van der Waals surface area contributed by atoms with E-state index in [0.717, 1.165) is 17.1 Å². The van der Waals surface area contributed by atoms with Crippen molar-refractivity contribution in [3.63, 3.8) is 0 Å². The largest absolute Gasteiger partial charge is 0.497 e. The minimum Gasteiger partial charge on any atom is -0.497 e. The molecule has 0 bridgehead atoms. The quantitative estimate of drug-likeness (QED) is 0.865. The molecule has 1 amide bonds. The van der Waals surface area contributed by atoms with Crippen LogP contribution in [0.15, 0.2) is 22.8 Å². The van der Waals surface area contributed by atoms with Gasteiger partial charge >= 0.3 is 0 Å². The maximum absolute atomic E-state index is 11.9. The number of aromatic nitrogens is 2. The second kappa shape index (κ2) is 6.74. The van der Waals surface area contributed by atoms with Crippen LogP contribution in [0.4, 0.5) is 0 Å². The number of carbonyl (C=O) groups is 1. The van der Waals surface area contributed by atoms with Gasteiger partial charge in [-0.3, -0.25) is 4.79 Å². The molecule has 2 aromatic rings. The van der Waals surface area contributed by atoms with E-state index in [4.69, 9.17) is 9.47 Å². The molecule has 0 unspecified atom stereocenters.